The Bertz CT molecular complexity index is 1260. The highest BCUT2D eigenvalue weighted by atomic mass is 79.9. The van der Waals surface area contributed by atoms with Gasteiger partial charge in [-0.25, -0.2) is 10.2 Å². The molecule has 0 fully saturated rings. The van der Waals surface area contributed by atoms with Gasteiger partial charge in [0.2, 0.25) is 0 Å². The summed E-state index contributed by atoms with van der Waals surface area (Å²) >= 11 is 6.50. The maximum Gasteiger partial charge on any atom is 0.343 e. The molecule has 0 aromatic heterocycles. The van der Waals surface area contributed by atoms with Crippen LogP contribution in [0.25, 0.3) is 0 Å². The first-order chi connectivity index (χ1) is 16.2. The van der Waals surface area contributed by atoms with E-state index in [0.717, 1.165) is 15.7 Å². The van der Waals surface area contributed by atoms with Gasteiger partial charge in [0.1, 0.15) is 0 Å². The molecule has 0 aliphatic rings. The number of ether oxygens (including phenoxy) is 1. The number of esters is 1. The van der Waals surface area contributed by atoms with E-state index in [1.54, 1.807) is 24.3 Å². The van der Waals surface area contributed by atoms with Gasteiger partial charge in [-0.1, -0.05) is 34.1 Å². The third-order valence-electron chi connectivity index (χ3n) is 4.52. The fourth-order valence-electron chi connectivity index (χ4n) is 2.81. The van der Waals surface area contributed by atoms with Crippen LogP contribution in [-0.2, 0) is 4.79 Å². The largest absolute Gasteiger partial charge is 0.421 e. The average molecular weight is 590 g/mol. The van der Waals surface area contributed by atoms with Crippen molar-refractivity contribution in [3.8, 4) is 5.75 Å². The van der Waals surface area contributed by atoms with Crippen molar-refractivity contribution >= 4 is 61.3 Å². The highest BCUT2D eigenvalue weighted by molar-refractivity contribution is 9.10. The van der Waals surface area contributed by atoms with E-state index < -0.39 is 16.8 Å². The number of hydrogen-bond donors (Lipinski definition) is 2. The molecule has 0 bridgehead atoms. The van der Waals surface area contributed by atoms with E-state index in [1.807, 2.05) is 31.2 Å². The Morgan fingerprint density at radius 1 is 1.12 bits per heavy atom. The van der Waals surface area contributed by atoms with Gasteiger partial charge in [0.05, 0.1) is 27.7 Å². The number of nitrogens with one attached hydrogen (secondary N) is 2. The predicted octanol–water partition coefficient (Wildman–Crippen LogP) is 5.21. The normalized spacial score (nSPS) is 10.7. The molecule has 174 valence electrons. The summed E-state index contributed by atoms with van der Waals surface area (Å²) in [6, 6.07) is 16.4. The second-order valence-corrected chi connectivity index (χ2v) is 8.73. The van der Waals surface area contributed by atoms with Crippen LogP contribution in [0.15, 0.2) is 74.7 Å². The lowest BCUT2D eigenvalue weighted by Crippen LogP contribution is -2.26. The molecule has 0 saturated heterocycles. The zero-order chi connectivity index (χ0) is 24.7. The van der Waals surface area contributed by atoms with Crippen LogP contribution in [0.4, 0.5) is 11.4 Å². The molecule has 34 heavy (non-hydrogen) atoms. The van der Waals surface area contributed by atoms with Crippen molar-refractivity contribution in [2.24, 2.45) is 5.10 Å². The van der Waals surface area contributed by atoms with E-state index in [-0.39, 0.29) is 33.6 Å². The number of rotatable bonds is 8. The lowest BCUT2D eigenvalue weighted by molar-refractivity contribution is -0.385. The molecular formula is C23H18Br2N4O5. The molecule has 0 spiro atoms. The van der Waals surface area contributed by atoms with Crippen molar-refractivity contribution in [2.45, 2.75) is 6.92 Å². The summed E-state index contributed by atoms with van der Waals surface area (Å²) in [7, 11) is 0. The molecule has 0 aliphatic carbocycles. The fraction of sp³-hybridized carbons (Fsp3) is 0.0870. The number of aryl methyl sites for hydroxylation is 1. The molecule has 0 saturated carbocycles. The van der Waals surface area contributed by atoms with E-state index in [2.05, 4.69) is 47.7 Å². The number of carbonyl (C=O) groups is 2. The first kappa shape index (κ1) is 25.1. The molecule has 0 atom stereocenters. The van der Waals surface area contributed by atoms with Crippen molar-refractivity contribution < 1.29 is 19.2 Å². The van der Waals surface area contributed by atoms with Crippen molar-refractivity contribution in [3.05, 3.63) is 96.4 Å². The predicted molar refractivity (Wildman–Crippen MR) is 135 cm³/mol. The van der Waals surface area contributed by atoms with Crippen LogP contribution in [0.5, 0.6) is 5.75 Å². The van der Waals surface area contributed by atoms with Gasteiger partial charge in [-0.05, 0) is 58.7 Å². The van der Waals surface area contributed by atoms with Gasteiger partial charge in [0.15, 0.2) is 5.75 Å². The van der Waals surface area contributed by atoms with E-state index >= 15 is 0 Å². The topological polar surface area (TPSA) is 123 Å². The molecule has 11 heteroatoms. The lowest BCUT2D eigenvalue weighted by atomic mass is 10.2. The number of nitrogens with zero attached hydrogens (tertiary/aromatic N) is 2. The minimum absolute atomic E-state index is 0.0227. The van der Waals surface area contributed by atoms with Crippen LogP contribution >= 0.6 is 31.9 Å². The van der Waals surface area contributed by atoms with Crippen LogP contribution in [0.1, 0.15) is 21.5 Å². The summed E-state index contributed by atoms with van der Waals surface area (Å²) in [5.74, 6) is -1.07. The molecule has 3 aromatic carbocycles. The van der Waals surface area contributed by atoms with Gasteiger partial charge >= 0.3 is 5.97 Å². The SMILES string of the molecule is Cc1ccccc1NCC(=O)NN=Cc1cc([N+](=O)[O-])cc(Br)c1OC(=O)c1ccc(Br)cc1. The molecule has 3 rings (SSSR count). The van der Waals surface area contributed by atoms with Gasteiger partial charge in [0, 0.05) is 27.9 Å². The number of non-ortho nitro benzene ring substituents is 1. The Morgan fingerprint density at radius 2 is 1.82 bits per heavy atom. The van der Waals surface area contributed by atoms with Crippen LogP contribution < -0.4 is 15.5 Å². The Balaban J connectivity index is 1.75. The first-order valence-electron chi connectivity index (χ1n) is 9.81. The molecule has 0 aliphatic heterocycles. The van der Waals surface area contributed by atoms with Crippen molar-refractivity contribution in [2.75, 3.05) is 11.9 Å². The monoisotopic (exact) mass is 588 g/mol. The number of benzene rings is 3. The van der Waals surface area contributed by atoms with Gasteiger partial charge < -0.3 is 10.1 Å². The number of hydrazone groups is 1. The molecule has 2 N–H and O–H groups in total. The summed E-state index contributed by atoms with van der Waals surface area (Å²) in [6.07, 6.45) is 1.17. The van der Waals surface area contributed by atoms with Gasteiger partial charge in [-0.3, -0.25) is 14.9 Å². The Morgan fingerprint density at radius 3 is 2.50 bits per heavy atom. The average Bonchev–Trinajstić information content (AvgIpc) is 2.80. The Labute approximate surface area is 211 Å². The lowest BCUT2D eigenvalue weighted by Gasteiger charge is -2.10. The second kappa shape index (κ2) is 11.5. The van der Waals surface area contributed by atoms with Gasteiger partial charge in [-0.2, -0.15) is 5.10 Å². The highest BCUT2D eigenvalue weighted by Gasteiger charge is 2.19. The number of halogens is 2. The van der Waals surface area contributed by atoms with E-state index in [4.69, 9.17) is 4.74 Å². The first-order valence-corrected chi connectivity index (χ1v) is 11.4. The molecule has 9 nitrogen and oxygen atoms in total. The van der Waals surface area contributed by atoms with Crippen molar-refractivity contribution in [3.63, 3.8) is 0 Å². The van der Waals surface area contributed by atoms with E-state index in [1.165, 1.54) is 18.3 Å². The number of hydrogen-bond acceptors (Lipinski definition) is 7. The summed E-state index contributed by atoms with van der Waals surface area (Å²) in [5.41, 5.74) is 4.30. The number of carbonyl (C=O) groups excluding carboxylic acids is 2. The molecular weight excluding hydrogens is 572 g/mol. The van der Waals surface area contributed by atoms with Gasteiger partial charge in [-0.15, -0.1) is 0 Å². The number of nitro groups is 1. The Kier molecular flexibility index (Phi) is 8.50. The minimum Gasteiger partial charge on any atom is -0.421 e. The standard InChI is InChI=1S/C23H18Br2N4O5/c1-14-4-2-3-5-20(14)26-13-21(30)28-27-12-16-10-18(29(32)33)11-19(25)22(16)34-23(31)15-6-8-17(24)9-7-15/h2-12,26H,13H2,1H3,(H,28,30). The third-order valence-corrected chi connectivity index (χ3v) is 5.64. The maximum atomic E-state index is 12.6. The summed E-state index contributed by atoms with van der Waals surface area (Å²) in [6.45, 7) is 1.88. The van der Waals surface area contributed by atoms with Crippen LogP contribution in [0, 0.1) is 17.0 Å². The van der Waals surface area contributed by atoms with Crippen LogP contribution in [0.3, 0.4) is 0 Å². The summed E-state index contributed by atoms with van der Waals surface area (Å²) < 4.78 is 6.45. The molecule has 0 unspecified atom stereocenters. The van der Waals surface area contributed by atoms with E-state index in [9.17, 15) is 19.7 Å². The molecule has 0 heterocycles. The van der Waals surface area contributed by atoms with Crippen LogP contribution in [0.2, 0.25) is 0 Å². The molecule has 1 amide bonds. The second-order valence-electron chi connectivity index (χ2n) is 6.96. The molecule has 3 aromatic rings. The minimum atomic E-state index is -0.664. The summed E-state index contributed by atoms with van der Waals surface area (Å²) in [5, 5.41) is 18.1. The number of para-hydroxylation sites is 1. The zero-order valence-corrected chi connectivity index (χ0v) is 20.9. The Hall–Kier alpha value is -3.57. The smallest absolute Gasteiger partial charge is 0.343 e. The van der Waals surface area contributed by atoms with Crippen LogP contribution in [-0.4, -0.2) is 29.6 Å². The van der Waals surface area contributed by atoms with Gasteiger partial charge in [0.25, 0.3) is 11.6 Å². The number of nitro benzene ring substituents is 1. The number of anilines is 1. The third kappa shape index (κ3) is 6.72. The van der Waals surface area contributed by atoms with Crippen molar-refractivity contribution in [1.82, 2.24) is 5.43 Å². The summed E-state index contributed by atoms with van der Waals surface area (Å²) in [4.78, 5) is 35.4. The zero-order valence-electron chi connectivity index (χ0n) is 17.7. The molecule has 0 radical (unpaired) electrons. The van der Waals surface area contributed by atoms with E-state index in [0.29, 0.717) is 0 Å². The maximum absolute atomic E-state index is 12.6. The van der Waals surface area contributed by atoms with Crippen molar-refractivity contribution in [1.29, 1.82) is 0 Å². The number of amides is 1. The quantitative estimate of drug-likeness (QED) is 0.122. The fourth-order valence-corrected chi connectivity index (χ4v) is 3.62. The highest BCUT2D eigenvalue weighted by Crippen LogP contribution is 2.33.